The maximum atomic E-state index is 11.1. The van der Waals surface area contributed by atoms with Gasteiger partial charge in [-0.1, -0.05) is 20.1 Å². The molecule has 0 aliphatic rings. The van der Waals surface area contributed by atoms with E-state index in [4.69, 9.17) is 4.74 Å². The minimum atomic E-state index is -0.481. The van der Waals surface area contributed by atoms with Crippen LogP contribution in [0.5, 0.6) is 0 Å². The third kappa shape index (κ3) is 10.7. The van der Waals surface area contributed by atoms with Crippen LogP contribution >= 0.6 is 0 Å². The summed E-state index contributed by atoms with van der Waals surface area (Å²) >= 11 is 0. The highest BCUT2D eigenvalue weighted by molar-refractivity contribution is 5.87. The number of carbonyl (C=O) groups is 2. The minimum Gasteiger partial charge on any atom is -0.443 e. The molecular formula is C12H22N2O3. The van der Waals surface area contributed by atoms with Crippen LogP contribution in [0.1, 0.15) is 20.3 Å². The summed E-state index contributed by atoms with van der Waals surface area (Å²) in [5.74, 6) is -0.805. The second kappa shape index (κ2) is 9.59. The second-order valence-electron chi connectivity index (χ2n) is 3.62. The molecule has 0 saturated carbocycles. The van der Waals surface area contributed by atoms with Crippen LogP contribution in [0.15, 0.2) is 24.8 Å². The van der Waals surface area contributed by atoms with Crippen LogP contribution in [-0.2, 0) is 14.3 Å². The molecule has 5 heteroatoms. The number of nitrogens with zero attached hydrogens (tertiary/aromatic N) is 1. The van der Waals surface area contributed by atoms with Gasteiger partial charge in [-0.2, -0.15) is 0 Å². The van der Waals surface area contributed by atoms with Crippen molar-refractivity contribution in [3.8, 4) is 0 Å². The summed E-state index contributed by atoms with van der Waals surface area (Å²) in [6.07, 6.45) is 1.70. The predicted molar refractivity (Wildman–Crippen MR) is 68.1 cm³/mol. The molecule has 0 aliphatic heterocycles. The summed E-state index contributed by atoms with van der Waals surface area (Å²) in [6, 6.07) is 0. The highest BCUT2D eigenvalue weighted by atomic mass is 16.6. The summed E-state index contributed by atoms with van der Waals surface area (Å²) < 4.78 is 5.11. The SMILES string of the molecule is C=C(C)C(=O)OC(CC)N(C)C.C=CC(N)=O. The van der Waals surface area contributed by atoms with E-state index >= 15 is 0 Å². The highest BCUT2D eigenvalue weighted by Gasteiger charge is 2.14. The van der Waals surface area contributed by atoms with Gasteiger partial charge < -0.3 is 10.5 Å². The van der Waals surface area contributed by atoms with Gasteiger partial charge >= 0.3 is 5.97 Å². The van der Waals surface area contributed by atoms with Gasteiger partial charge in [-0.3, -0.25) is 9.69 Å². The largest absolute Gasteiger partial charge is 0.443 e. The lowest BCUT2D eigenvalue weighted by molar-refractivity contribution is -0.152. The van der Waals surface area contributed by atoms with Crippen LogP contribution in [0.3, 0.4) is 0 Å². The average Bonchev–Trinajstić information content (AvgIpc) is 2.25. The quantitative estimate of drug-likeness (QED) is 0.444. The van der Waals surface area contributed by atoms with Crippen molar-refractivity contribution in [2.45, 2.75) is 26.5 Å². The Bertz CT molecular complexity index is 285. The van der Waals surface area contributed by atoms with Crippen LogP contribution in [0, 0.1) is 0 Å². The molecule has 98 valence electrons. The standard InChI is InChI=1S/C9H17NO2.C3H5NO/c1-6-8(10(4)5)12-9(11)7(2)3;1-2-3(4)5/h8H,2,6H2,1,3-5H3;2H,1H2,(H2,4,5). The Balaban J connectivity index is 0. The van der Waals surface area contributed by atoms with Gasteiger partial charge in [0.25, 0.3) is 0 Å². The van der Waals surface area contributed by atoms with Gasteiger partial charge in [-0.15, -0.1) is 0 Å². The maximum Gasteiger partial charge on any atom is 0.334 e. The summed E-state index contributed by atoms with van der Waals surface area (Å²) in [7, 11) is 3.75. The number of ether oxygens (including phenoxy) is 1. The smallest absolute Gasteiger partial charge is 0.334 e. The molecule has 0 aliphatic carbocycles. The Morgan fingerprint density at radius 2 is 1.88 bits per heavy atom. The molecule has 0 spiro atoms. The van der Waals surface area contributed by atoms with Crippen LogP contribution in [0.2, 0.25) is 0 Å². The Kier molecular flexibility index (Phi) is 10.0. The maximum absolute atomic E-state index is 11.1. The van der Waals surface area contributed by atoms with Gasteiger partial charge in [0.05, 0.1) is 0 Å². The molecule has 0 saturated heterocycles. The zero-order valence-corrected chi connectivity index (χ0v) is 11.0. The van der Waals surface area contributed by atoms with Gasteiger partial charge in [0.15, 0.2) is 6.23 Å². The Morgan fingerprint density at radius 1 is 1.47 bits per heavy atom. The average molecular weight is 242 g/mol. The monoisotopic (exact) mass is 242 g/mol. The zero-order valence-electron chi connectivity index (χ0n) is 11.0. The topological polar surface area (TPSA) is 72.6 Å². The van der Waals surface area contributed by atoms with Crippen molar-refractivity contribution >= 4 is 11.9 Å². The third-order valence-corrected chi connectivity index (χ3v) is 1.72. The Labute approximate surface area is 103 Å². The van der Waals surface area contributed by atoms with Gasteiger partial charge in [0.2, 0.25) is 5.91 Å². The first-order valence-electron chi connectivity index (χ1n) is 5.21. The van der Waals surface area contributed by atoms with E-state index < -0.39 is 5.91 Å². The van der Waals surface area contributed by atoms with Gasteiger partial charge in [0.1, 0.15) is 0 Å². The lowest BCUT2D eigenvalue weighted by Gasteiger charge is -2.22. The van der Waals surface area contributed by atoms with Gasteiger partial charge in [0, 0.05) is 5.57 Å². The minimum absolute atomic E-state index is 0.144. The molecule has 1 unspecified atom stereocenters. The van der Waals surface area contributed by atoms with Crippen molar-refractivity contribution in [3.63, 3.8) is 0 Å². The first kappa shape index (κ1) is 17.8. The molecular weight excluding hydrogens is 220 g/mol. The van der Waals surface area contributed by atoms with E-state index in [9.17, 15) is 9.59 Å². The van der Waals surface area contributed by atoms with Crippen molar-refractivity contribution in [1.82, 2.24) is 4.90 Å². The van der Waals surface area contributed by atoms with Crippen molar-refractivity contribution in [2.24, 2.45) is 5.73 Å². The molecule has 0 fully saturated rings. The van der Waals surface area contributed by atoms with Crippen LogP contribution in [-0.4, -0.2) is 37.1 Å². The summed E-state index contributed by atoms with van der Waals surface area (Å²) in [5, 5.41) is 0. The Morgan fingerprint density at radius 3 is 2.06 bits per heavy atom. The van der Waals surface area contributed by atoms with Crippen molar-refractivity contribution in [1.29, 1.82) is 0 Å². The van der Waals surface area contributed by atoms with E-state index in [1.54, 1.807) is 6.92 Å². The number of hydrogen-bond donors (Lipinski definition) is 1. The van der Waals surface area contributed by atoms with E-state index in [0.717, 1.165) is 12.5 Å². The fourth-order valence-corrected chi connectivity index (χ4v) is 0.778. The van der Waals surface area contributed by atoms with Crippen molar-refractivity contribution < 1.29 is 14.3 Å². The molecule has 17 heavy (non-hydrogen) atoms. The van der Waals surface area contributed by atoms with Crippen molar-refractivity contribution in [3.05, 3.63) is 24.8 Å². The number of rotatable bonds is 5. The van der Waals surface area contributed by atoms with Crippen LogP contribution in [0.25, 0.3) is 0 Å². The fourth-order valence-electron chi connectivity index (χ4n) is 0.778. The molecule has 0 aromatic carbocycles. The van der Waals surface area contributed by atoms with E-state index in [2.05, 4.69) is 18.9 Å². The number of hydrogen-bond acceptors (Lipinski definition) is 4. The molecule has 0 aromatic rings. The number of nitrogens with two attached hydrogens (primary N) is 1. The first-order chi connectivity index (χ1) is 7.76. The predicted octanol–water partition coefficient (Wildman–Crippen LogP) is 1.06. The molecule has 2 N–H and O–H groups in total. The van der Waals surface area contributed by atoms with Gasteiger partial charge in [-0.05, 0) is 33.5 Å². The van der Waals surface area contributed by atoms with E-state index in [1.165, 1.54) is 0 Å². The van der Waals surface area contributed by atoms with Crippen molar-refractivity contribution in [2.75, 3.05) is 14.1 Å². The molecule has 0 aromatic heterocycles. The molecule has 0 radical (unpaired) electrons. The lowest BCUT2D eigenvalue weighted by atomic mass is 10.3. The molecule has 1 amide bonds. The Hall–Kier alpha value is -1.62. The normalized spacial score (nSPS) is 10.9. The van der Waals surface area contributed by atoms with E-state index in [1.807, 2.05) is 25.9 Å². The van der Waals surface area contributed by atoms with Crippen LogP contribution < -0.4 is 5.73 Å². The molecule has 0 heterocycles. The molecule has 1 atom stereocenters. The molecule has 0 bridgehead atoms. The highest BCUT2D eigenvalue weighted by Crippen LogP contribution is 2.04. The summed E-state index contributed by atoms with van der Waals surface area (Å²) in [6.45, 7) is 10.2. The fraction of sp³-hybridized carbons (Fsp3) is 0.500. The molecule has 0 rings (SSSR count). The van der Waals surface area contributed by atoms with E-state index in [-0.39, 0.29) is 12.2 Å². The molecule has 5 nitrogen and oxygen atoms in total. The number of esters is 1. The number of carbonyl (C=O) groups excluding carboxylic acids is 2. The first-order valence-corrected chi connectivity index (χ1v) is 5.21. The lowest BCUT2D eigenvalue weighted by Crippen LogP contribution is -2.32. The second-order valence-corrected chi connectivity index (χ2v) is 3.62. The van der Waals surface area contributed by atoms with Gasteiger partial charge in [-0.25, -0.2) is 4.79 Å². The summed E-state index contributed by atoms with van der Waals surface area (Å²) in [5.41, 5.74) is 4.97. The number of amides is 1. The zero-order chi connectivity index (χ0) is 14.0. The van der Waals surface area contributed by atoms with E-state index in [0.29, 0.717) is 5.57 Å². The third-order valence-electron chi connectivity index (χ3n) is 1.72. The van der Waals surface area contributed by atoms with Crippen LogP contribution in [0.4, 0.5) is 0 Å². The number of primary amides is 1. The summed E-state index contributed by atoms with van der Waals surface area (Å²) in [4.78, 5) is 22.4.